The fourth-order valence-electron chi connectivity index (χ4n) is 0.370. The lowest BCUT2D eigenvalue weighted by atomic mass is 10.5. The molecule has 0 aliphatic rings. The highest BCUT2D eigenvalue weighted by atomic mass is 33.7. The summed E-state index contributed by atoms with van der Waals surface area (Å²) in [6.45, 7) is 7.35. The van der Waals surface area contributed by atoms with Crippen LogP contribution < -0.4 is 0 Å². The average Bonchev–Trinajstić information content (AvgIpc) is 2.10. The van der Waals surface area contributed by atoms with Gasteiger partial charge in [0, 0.05) is 11.5 Å². The molecule has 0 unspecified atom stereocenters. The van der Waals surface area contributed by atoms with Crippen LogP contribution in [0.2, 0.25) is 0 Å². The average molecular weight is 238 g/mol. The van der Waals surface area contributed by atoms with Gasteiger partial charge in [0.15, 0.2) is 0 Å². The molecule has 70 valence electrons. The highest BCUT2D eigenvalue weighted by Gasteiger charge is 1.90. The molecule has 0 radical (unpaired) electrons. The first-order valence-electron chi connectivity index (χ1n) is 3.71. The fraction of sp³-hybridized carbons (Fsp3) is 0.500. The third-order valence-corrected chi connectivity index (χ3v) is 7.46. The molecular weight excluding hydrogens is 224 g/mol. The van der Waals surface area contributed by atoms with E-state index in [4.69, 9.17) is 0 Å². The van der Waals surface area contributed by atoms with Crippen LogP contribution in [0.1, 0.15) is 12.8 Å². The molecule has 0 N–H and O–H groups in total. The van der Waals surface area contributed by atoms with Crippen LogP contribution in [0.5, 0.6) is 0 Å². The van der Waals surface area contributed by atoms with Crippen LogP contribution in [0.25, 0.3) is 0 Å². The molecule has 0 aromatic carbocycles. The smallest absolute Gasteiger partial charge is 0.00799 e. The van der Waals surface area contributed by atoms with Gasteiger partial charge in [-0.15, -0.1) is 13.2 Å². The molecule has 0 aliphatic heterocycles. The summed E-state index contributed by atoms with van der Waals surface area (Å²) in [5, 5.41) is 0. The van der Waals surface area contributed by atoms with E-state index in [1.165, 1.54) is 11.5 Å². The largest absolute Gasteiger partial charge is 0.103 e. The first-order valence-corrected chi connectivity index (χ1v) is 8.87. The van der Waals surface area contributed by atoms with Crippen LogP contribution >= 0.6 is 41.2 Å². The van der Waals surface area contributed by atoms with Crippen molar-refractivity contribution in [3.05, 3.63) is 25.3 Å². The van der Waals surface area contributed by atoms with E-state index >= 15 is 0 Å². The summed E-state index contributed by atoms with van der Waals surface area (Å²) < 4.78 is 0. The van der Waals surface area contributed by atoms with Crippen molar-refractivity contribution in [1.29, 1.82) is 0 Å². The fourth-order valence-corrected chi connectivity index (χ4v) is 6.39. The summed E-state index contributed by atoms with van der Waals surface area (Å²) in [4.78, 5) is 0. The van der Waals surface area contributed by atoms with Crippen LogP contribution in [0, 0.1) is 0 Å². The number of hydrogen-bond donors (Lipinski definition) is 0. The van der Waals surface area contributed by atoms with Crippen molar-refractivity contribution in [3.8, 4) is 0 Å². The Morgan fingerprint density at radius 3 is 1.58 bits per heavy atom. The van der Waals surface area contributed by atoms with Gasteiger partial charge in [-0.25, -0.2) is 0 Å². The van der Waals surface area contributed by atoms with E-state index in [-0.39, 0.29) is 0 Å². The molecule has 0 aromatic rings. The van der Waals surface area contributed by atoms with Gasteiger partial charge in [0.1, 0.15) is 0 Å². The second-order valence-electron chi connectivity index (χ2n) is 1.93. The highest BCUT2D eigenvalue weighted by Crippen LogP contribution is 2.43. The lowest BCUT2D eigenvalue weighted by Gasteiger charge is -1.96. The van der Waals surface area contributed by atoms with Crippen molar-refractivity contribution in [1.82, 2.24) is 0 Å². The minimum absolute atomic E-state index is 1.11. The molecule has 0 fully saturated rings. The lowest BCUT2D eigenvalue weighted by molar-refractivity contribution is 1.26. The Kier molecular flexibility index (Phi) is 12.8. The Balaban J connectivity index is 2.81. The summed E-state index contributed by atoms with van der Waals surface area (Å²) in [5.74, 6) is 2.34. The van der Waals surface area contributed by atoms with Gasteiger partial charge in [-0.05, 0) is 32.5 Å². The third-order valence-electron chi connectivity index (χ3n) is 0.935. The molecule has 0 heterocycles. The first kappa shape index (κ1) is 12.9. The zero-order chi connectivity index (χ0) is 9.07. The van der Waals surface area contributed by atoms with E-state index in [0.717, 1.165) is 12.8 Å². The maximum atomic E-state index is 3.67. The lowest BCUT2D eigenvalue weighted by Crippen LogP contribution is -1.68. The monoisotopic (exact) mass is 238 g/mol. The standard InChI is InChI=1S/C8H14S4/c1-3-5-7-9-11-12-10-8-6-4-2/h3-4H,1-2,5-8H2. The molecule has 0 atom stereocenters. The molecule has 12 heavy (non-hydrogen) atoms. The van der Waals surface area contributed by atoms with Crippen LogP contribution in [-0.4, -0.2) is 11.5 Å². The van der Waals surface area contributed by atoms with Gasteiger partial charge in [0.25, 0.3) is 0 Å². The van der Waals surface area contributed by atoms with Crippen molar-refractivity contribution in [2.45, 2.75) is 12.8 Å². The van der Waals surface area contributed by atoms with E-state index in [9.17, 15) is 0 Å². The van der Waals surface area contributed by atoms with Gasteiger partial charge in [-0.2, -0.15) is 0 Å². The Labute approximate surface area is 90.6 Å². The second kappa shape index (κ2) is 11.9. The molecule has 4 heteroatoms. The van der Waals surface area contributed by atoms with Gasteiger partial charge in [0.2, 0.25) is 0 Å². The molecule has 0 aromatic heterocycles. The van der Waals surface area contributed by atoms with E-state index in [1.54, 1.807) is 0 Å². The minimum Gasteiger partial charge on any atom is -0.103 e. The first-order chi connectivity index (χ1) is 5.91. The van der Waals surface area contributed by atoms with Crippen LogP contribution in [0.4, 0.5) is 0 Å². The van der Waals surface area contributed by atoms with Gasteiger partial charge in [-0.3, -0.25) is 0 Å². The SMILES string of the molecule is C=CCCSSSSCCC=C. The normalized spacial score (nSPS) is 9.67. The molecule has 0 amide bonds. The van der Waals surface area contributed by atoms with Gasteiger partial charge in [-0.1, -0.05) is 33.7 Å². The number of hydrogen-bond acceptors (Lipinski definition) is 4. The topological polar surface area (TPSA) is 0 Å². The summed E-state index contributed by atoms with van der Waals surface area (Å²) >= 11 is 0. The quantitative estimate of drug-likeness (QED) is 0.321. The second-order valence-corrected chi connectivity index (χ2v) is 8.18. The predicted molar refractivity (Wildman–Crippen MR) is 69.7 cm³/mol. The van der Waals surface area contributed by atoms with Gasteiger partial charge in [0.05, 0.1) is 0 Å². The van der Waals surface area contributed by atoms with E-state index in [2.05, 4.69) is 13.2 Å². The Hall–Kier alpha value is 0.880. The van der Waals surface area contributed by atoms with Crippen molar-refractivity contribution >= 4 is 41.2 Å². The summed E-state index contributed by atoms with van der Waals surface area (Å²) in [7, 11) is 7.51. The molecule has 0 saturated heterocycles. The van der Waals surface area contributed by atoms with Crippen LogP contribution in [-0.2, 0) is 0 Å². The third kappa shape index (κ3) is 10.9. The van der Waals surface area contributed by atoms with Crippen molar-refractivity contribution < 1.29 is 0 Å². The van der Waals surface area contributed by atoms with Gasteiger partial charge >= 0.3 is 0 Å². The molecule has 0 saturated carbocycles. The molecule has 0 bridgehead atoms. The minimum atomic E-state index is 1.11. The van der Waals surface area contributed by atoms with Crippen LogP contribution in [0.3, 0.4) is 0 Å². The van der Waals surface area contributed by atoms with E-state index < -0.39 is 0 Å². The molecule has 0 aliphatic carbocycles. The molecular formula is C8H14S4. The van der Waals surface area contributed by atoms with E-state index in [0.29, 0.717) is 0 Å². The highest BCUT2D eigenvalue weighted by molar-refractivity contribution is 9.26. The zero-order valence-electron chi connectivity index (χ0n) is 7.03. The van der Waals surface area contributed by atoms with Crippen LogP contribution in [0.15, 0.2) is 25.3 Å². The summed E-state index contributed by atoms with van der Waals surface area (Å²) in [6.07, 6.45) is 6.14. The van der Waals surface area contributed by atoms with E-state index in [1.807, 2.05) is 53.4 Å². The predicted octanol–water partition coefficient (Wildman–Crippen LogP) is 4.82. The molecule has 0 nitrogen and oxygen atoms in total. The van der Waals surface area contributed by atoms with Crippen molar-refractivity contribution in [2.75, 3.05) is 11.5 Å². The number of rotatable bonds is 9. The Bertz CT molecular complexity index is 99.6. The maximum Gasteiger partial charge on any atom is 0.00799 e. The summed E-state index contributed by atoms with van der Waals surface area (Å²) in [6, 6.07) is 0. The summed E-state index contributed by atoms with van der Waals surface area (Å²) in [5.41, 5.74) is 0. The molecule has 0 spiro atoms. The van der Waals surface area contributed by atoms with Crippen molar-refractivity contribution in [3.63, 3.8) is 0 Å². The zero-order valence-corrected chi connectivity index (χ0v) is 10.3. The van der Waals surface area contributed by atoms with Gasteiger partial charge < -0.3 is 0 Å². The maximum absolute atomic E-state index is 3.67. The Morgan fingerprint density at radius 1 is 0.833 bits per heavy atom. The number of allylic oxidation sites excluding steroid dienone is 2. The Morgan fingerprint density at radius 2 is 1.25 bits per heavy atom. The van der Waals surface area contributed by atoms with Crippen molar-refractivity contribution in [2.24, 2.45) is 0 Å². The molecule has 0 rings (SSSR count).